The van der Waals surface area contributed by atoms with Crippen LogP contribution in [-0.4, -0.2) is 235 Å². The lowest BCUT2D eigenvalue weighted by Crippen LogP contribution is -2.46. The third-order valence-electron chi connectivity index (χ3n) is 14.7. The number of nitrogens with two attached hydrogens (primary N) is 2. The minimum Gasteiger partial charge on any atom is -0.790 e. The van der Waals surface area contributed by atoms with Crippen molar-refractivity contribution in [1.29, 1.82) is 0 Å². The van der Waals surface area contributed by atoms with Crippen molar-refractivity contribution in [2.24, 2.45) is 10.8 Å². The second kappa shape index (κ2) is 46.0. The van der Waals surface area contributed by atoms with Crippen molar-refractivity contribution < 1.29 is 201 Å². The van der Waals surface area contributed by atoms with Crippen LogP contribution >= 0.6 is 46.9 Å². The number of rotatable bonds is 44. The average molecular weight is 1810 g/mol. The Morgan fingerprint density at radius 1 is 0.534 bits per heavy atom. The largest absolute Gasteiger partial charge is 0.790 e. The normalized spacial score (nSPS) is 20.8. The van der Waals surface area contributed by atoms with Gasteiger partial charge in [0, 0.05) is 74.7 Å². The van der Waals surface area contributed by atoms with E-state index in [0.29, 0.717) is 0 Å². The monoisotopic (exact) mass is 1810 g/mol. The van der Waals surface area contributed by atoms with E-state index in [1.807, 2.05) is 0 Å². The molecule has 15 N–H and O–H groups in total. The van der Waals surface area contributed by atoms with Gasteiger partial charge in [0.05, 0.1) is 67.6 Å². The number of carbonyl (C=O) groups excluding carboxylic acids is 7. The number of imidazole rings is 2. The van der Waals surface area contributed by atoms with E-state index in [1.54, 1.807) is 0 Å². The third kappa shape index (κ3) is 37.2. The van der Waals surface area contributed by atoms with E-state index in [1.165, 1.54) is 20.8 Å². The molecule has 0 saturated carbocycles. The zero-order valence-corrected chi connectivity index (χ0v) is 67.5. The van der Waals surface area contributed by atoms with Crippen LogP contribution in [0, 0.1) is 10.8 Å². The number of carbonyl (C=O) groups is 10. The zero-order valence-electron chi connectivity index (χ0n) is 62.1. The maximum absolute atomic E-state index is 12.5. The number of aliphatic hydroxyl groups is 4. The summed E-state index contributed by atoms with van der Waals surface area (Å²) in [5.41, 5.74) is 8.05. The average Bonchev–Trinajstić information content (AvgIpc) is 1.62. The highest BCUT2D eigenvalue weighted by molar-refractivity contribution is 7.60. The molecule has 14 unspecified atom stereocenters. The fourth-order valence-corrected chi connectivity index (χ4v) is 14.6. The number of allylic oxidation sites excluding steroid dienone is 1. The van der Waals surface area contributed by atoms with E-state index in [-0.39, 0.29) is 104 Å². The zero-order chi connectivity index (χ0) is 89.9. The molecule has 0 aliphatic carbocycles. The lowest BCUT2D eigenvalue weighted by atomic mass is 9.87. The number of hydrogen-bond acceptors (Lipinski definition) is 47. The van der Waals surface area contributed by atoms with E-state index in [0.717, 1.165) is 79.5 Å². The van der Waals surface area contributed by atoms with E-state index in [9.17, 15) is 130 Å². The molecular weight excluding hydrogens is 1730 g/mol. The summed E-state index contributed by atoms with van der Waals surface area (Å²) in [6, 6.07) is 0. The number of ketones is 2. The number of aliphatic hydroxyl groups excluding tert-OH is 4. The molecule has 118 heavy (non-hydrogen) atoms. The second-order valence-corrected chi connectivity index (χ2v) is 33.6. The predicted octanol–water partition coefficient (Wildman–Crippen LogP) is -9.42. The summed E-state index contributed by atoms with van der Waals surface area (Å²) in [5.74, 6) is -8.28. The number of aliphatic carboxylic acids is 4. The van der Waals surface area contributed by atoms with Crippen molar-refractivity contribution in [2.45, 2.75) is 141 Å². The number of fused-ring (bicyclic) bond motifs is 2. The summed E-state index contributed by atoms with van der Waals surface area (Å²) in [6.07, 6.45) is -11.9. The van der Waals surface area contributed by atoms with E-state index < -0.39 is 199 Å². The number of aromatic nitrogens is 8. The summed E-state index contributed by atoms with van der Waals surface area (Å²) in [5, 5.41) is 85.1. The summed E-state index contributed by atoms with van der Waals surface area (Å²) >= 11 is 0. The first-order valence-electron chi connectivity index (χ1n) is 33.1. The Bertz CT molecular complexity index is 4530. The molecule has 2 aliphatic rings. The van der Waals surface area contributed by atoms with Gasteiger partial charge in [-0.3, -0.25) is 65.8 Å². The number of hydrogen-bond donors (Lipinski definition) is 13. The van der Waals surface area contributed by atoms with Crippen molar-refractivity contribution in [3.63, 3.8) is 0 Å². The molecule has 62 heteroatoms. The predicted molar refractivity (Wildman–Crippen MR) is 368 cm³/mol. The SMILES string of the molecule is CC(=O)CCNC(=O)CCNC(=O)C(O)C(C)(C)COP(=O)([O-])OP(=O)([O-])OCC1OC(n2cnc3c(N)ncnc32)C(O)C1OP(=O)([O-])[O-].CC(=O)[O-].CC(C)(COP(=O)([O-])OP(=O)([O-])OCC1OC(n2cnc3c(N)ncnc32)C(O)C1OP(=O)([O-])[O-])C(O)C(=O)NCCC(=O)NCCC(=O)/C=C/CC(=O)O.O=C(O)/C=C/CC(=O)O. The number of Topliss-reactive ketones (excluding diaryl/α,β-unsaturated/α-hetero) is 1. The lowest BCUT2D eigenvalue weighted by Gasteiger charge is -2.36. The molecule has 4 aromatic rings. The standard InChI is InChI=1S/C26H40N7O19P3.C23H38N7O17P3.C5H6O4.C2H4O2/c1-26(2,21(39)24(40)29-9-7-16(35)28-8-6-14(34)4-3-5-17(36)37)11-49-55(46,47)52-54(44,45)48-10-15-20(51-53(41,42)43)19(38)25(50-15)33-13-32-18-22(27)30-12-31-23(18)33;1-12(31)4-6-25-14(32)5-7-26-21(35)18(34)23(2,3)9-44-50(41,42)47-49(39,40)43-8-13-17(46-48(36,37)38)16(33)22(45-13)30-11-29-15-19(24)27-10-28-20(15)30;6-4(7)2-1-3-5(8)9;1-2(3)4/h3-4,12-13,15,19-21,25,38-39H,5-11H2,1-2H3,(H,28,35)(H,29,40)(H,36,37)(H,44,45)(H,46,47)(H2,27,30,31)(H2,41,42,43);10-11,13,16-18,22,33-34H,4-9H2,1-3H3,(H,25,32)(H,26,35)(H,39,40)(H,41,42)(H2,24,27,28)(H2,36,37,38);1-2H,3H2,(H,6,7)(H,8,9);1H3,(H,3,4)/p-9/b4-3+;;2-1+;. The van der Waals surface area contributed by atoms with Crippen LogP contribution in [0.15, 0.2) is 49.6 Å². The van der Waals surface area contributed by atoms with Gasteiger partial charge in [-0.2, -0.15) is 0 Å². The number of ether oxygens (including phenoxy) is 2. The highest BCUT2D eigenvalue weighted by Gasteiger charge is 2.49. The molecule has 6 heterocycles. The van der Waals surface area contributed by atoms with E-state index >= 15 is 0 Å². The molecule has 0 radical (unpaired) electrons. The van der Waals surface area contributed by atoms with Crippen molar-refractivity contribution in [1.82, 2.24) is 60.3 Å². The van der Waals surface area contributed by atoms with Crippen LogP contribution in [0.1, 0.15) is 92.5 Å². The van der Waals surface area contributed by atoms with Crippen molar-refractivity contribution in [2.75, 3.05) is 64.1 Å². The maximum Gasteiger partial charge on any atom is 0.327 e. The first kappa shape index (κ1) is 104. The maximum atomic E-state index is 12.5. The summed E-state index contributed by atoms with van der Waals surface area (Å²) in [4.78, 5) is 228. The first-order valence-corrected chi connectivity index (χ1v) is 41.9. The van der Waals surface area contributed by atoms with Gasteiger partial charge in [0.25, 0.3) is 31.3 Å². The van der Waals surface area contributed by atoms with Crippen LogP contribution in [0.4, 0.5) is 11.6 Å². The van der Waals surface area contributed by atoms with Crippen molar-refractivity contribution in [3.8, 4) is 0 Å². The Morgan fingerprint density at radius 3 is 1.21 bits per heavy atom. The number of nitrogens with zero attached hydrogens (tertiary/aromatic N) is 8. The lowest BCUT2D eigenvalue weighted by molar-refractivity contribution is -0.348. The summed E-state index contributed by atoms with van der Waals surface area (Å²) < 4.78 is 120. The van der Waals surface area contributed by atoms with Crippen LogP contribution in [0.2, 0.25) is 0 Å². The van der Waals surface area contributed by atoms with Gasteiger partial charge in [-0.05, 0) is 19.9 Å². The number of nitrogen functional groups attached to an aromatic ring is 2. The van der Waals surface area contributed by atoms with E-state index in [2.05, 4.69) is 86.9 Å². The molecule has 56 nitrogen and oxygen atoms in total. The highest BCUT2D eigenvalue weighted by Crippen LogP contribution is 2.58. The van der Waals surface area contributed by atoms with Crippen LogP contribution in [0.5, 0.6) is 0 Å². The molecule has 14 atom stereocenters. The molecule has 664 valence electrons. The molecular formula is C56H79N14O42P6-9. The number of carboxylic acid groups (broad SMARTS) is 4. The quantitative estimate of drug-likeness (QED) is 0.0144. The smallest absolute Gasteiger partial charge is 0.327 e. The molecule has 2 aliphatic heterocycles. The summed E-state index contributed by atoms with van der Waals surface area (Å²) in [7, 11) is -35.2. The van der Waals surface area contributed by atoms with Crippen LogP contribution < -0.4 is 77.0 Å². The number of nitrogens with one attached hydrogen (secondary N) is 4. The Morgan fingerprint density at radius 2 is 0.873 bits per heavy atom. The van der Waals surface area contributed by atoms with Crippen LogP contribution in [-0.2, 0) is 121 Å². The first-order chi connectivity index (χ1) is 54.3. The van der Waals surface area contributed by atoms with E-state index in [4.69, 9.17) is 46.2 Å². The molecule has 0 spiro atoms. The van der Waals surface area contributed by atoms with Gasteiger partial charge in [-0.15, -0.1) is 0 Å². The van der Waals surface area contributed by atoms with Gasteiger partial charge in [-0.1, -0.05) is 39.8 Å². The van der Waals surface area contributed by atoms with Gasteiger partial charge >= 0.3 is 17.9 Å². The molecule has 0 aromatic carbocycles. The second-order valence-electron chi connectivity index (χ2n) is 25.5. The third-order valence-corrected chi connectivity index (χ3v) is 20.8. The van der Waals surface area contributed by atoms with Gasteiger partial charge in [0.1, 0.15) is 78.3 Å². The highest BCUT2D eigenvalue weighted by atomic mass is 31.3. The molecule has 6 rings (SSSR count). The van der Waals surface area contributed by atoms with Crippen molar-refractivity contribution >= 4 is 140 Å². The Kier molecular flexibility index (Phi) is 40.5. The molecule has 0 bridgehead atoms. The Labute approximate surface area is 664 Å². The number of phosphoric ester groups is 6. The number of anilines is 2. The van der Waals surface area contributed by atoms with Gasteiger partial charge in [-0.25, -0.2) is 43.3 Å². The minimum absolute atomic E-state index is 0.0213. The topological polar surface area (TPSA) is 902 Å². The van der Waals surface area contributed by atoms with Gasteiger partial charge in [0.15, 0.2) is 41.2 Å². The number of carboxylic acids is 4. The summed E-state index contributed by atoms with van der Waals surface area (Å²) in [6.45, 7) is 1.92. The molecule has 4 aromatic heterocycles. The Hall–Kier alpha value is -8.22. The molecule has 2 fully saturated rings. The number of phosphoric acid groups is 6. The van der Waals surface area contributed by atoms with Crippen molar-refractivity contribution in [3.05, 3.63) is 49.6 Å². The molecule has 2 saturated heterocycles. The van der Waals surface area contributed by atoms with Crippen LogP contribution in [0.3, 0.4) is 0 Å². The fraction of sp³-hybridized carbons (Fsp3) is 0.571. The Balaban J connectivity index is 0.000000531. The van der Waals surface area contributed by atoms with Gasteiger partial charge in [0.2, 0.25) is 23.6 Å². The molecule has 4 amide bonds. The number of amides is 4. The fourth-order valence-electron chi connectivity index (χ4n) is 9.17. The minimum atomic E-state index is -5.93. The van der Waals surface area contributed by atoms with Gasteiger partial charge < -0.3 is 163 Å². The van der Waals surface area contributed by atoms with Crippen LogP contribution in [0.25, 0.3) is 22.3 Å².